The predicted molar refractivity (Wildman–Crippen MR) is 108 cm³/mol. The molecule has 0 fully saturated rings. The second-order valence-electron chi connectivity index (χ2n) is 6.21. The molecule has 0 aliphatic carbocycles. The molecule has 0 aliphatic rings. The first-order valence-electron chi connectivity index (χ1n) is 9.06. The molecule has 0 saturated heterocycles. The van der Waals surface area contributed by atoms with Crippen molar-refractivity contribution in [3.63, 3.8) is 0 Å². The molecule has 0 aromatic heterocycles. The Morgan fingerprint density at radius 1 is 0.964 bits per heavy atom. The highest BCUT2D eigenvalue weighted by molar-refractivity contribution is 6.39. The van der Waals surface area contributed by atoms with E-state index in [0.29, 0.717) is 23.6 Å². The zero-order chi connectivity index (χ0) is 19.9. The van der Waals surface area contributed by atoms with Crippen molar-refractivity contribution in [3.8, 4) is 5.75 Å². The minimum Gasteiger partial charge on any atom is -0.494 e. The number of ether oxygens (including phenoxy) is 1. The highest BCUT2D eigenvalue weighted by atomic mass is 16.5. The highest BCUT2D eigenvalue weighted by Crippen LogP contribution is 2.23. The summed E-state index contributed by atoms with van der Waals surface area (Å²) in [6.45, 7) is 2.36. The molecule has 6 heteroatoms. The summed E-state index contributed by atoms with van der Waals surface area (Å²) in [7, 11) is 0. The van der Waals surface area contributed by atoms with Gasteiger partial charge in [-0.2, -0.15) is 0 Å². The molecule has 0 spiro atoms. The Morgan fingerprint density at radius 3 is 2.43 bits per heavy atom. The van der Waals surface area contributed by atoms with Crippen molar-refractivity contribution in [2.75, 3.05) is 18.5 Å². The summed E-state index contributed by atoms with van der Waals surface area (Å²) < 4.78 is 5.33. The van der Waals surface area contributed by atoms with Crippen LogP contribution in [0.15, 0.2) is 66.7 Å². The first kappa shape index (κ1) is 19.4. The molecule has 1 atom stereocenters. The minimum atomic E-state index is -0.923. The number of carbonyl (C=O) groups is 2. The van der Waals surface area contributed by atoms with Crippen molar-refractivity contribution in [1.29, 1.82) is 0 Å². The second kappa shape index (κ2) is 9.01. The molecule has 0 heterocycles. The predicted octanol–water partition coefficient (Wildman–Crippen LogP) is 3.03. The lowest BCUT2D eigenvalue weighted by molar-refractivity contribution is -0.136. The van der Waals surface area contributed by atoms with Crippen LogP contribution in [0.25, 0.3) is 10.8 Å². The zero-order valence-corrected chi connectivity index (χ0v) is 15.5. The number of hydrogen-bond donors (Lipinski definition) is 3. The van der Waals surface area contributed by atoms with E-state index in [9.17, 15) is 14.7 Å². The van der Waals surface area contributed by atoms with E-state index in [4.69, 9.17) is 4.74 Å². The summed E-state index contributed by atoms with van der Waals surface area (Å²) in [5.41, 5.74) is 1.18. The number of aliphatic hydroxyl groups excluding tert-OH is 1. The first-order valence-corrected chi connectivity index (χ1v) is 9.06. The number of nitrogens with one attached hydrogen (secondary N) is 2. The topological polar surface area (TPSA) is 87.7 Å². The van der Waals surface area contributed by atoms with Crippen LogP contribution in [0.1, 0.15) is 18.6 Å². The van der Waals surface area contributed by atoms with Crippen LogP contribution < -0.4 is 15.4 Å². The normalized spacial score (nSPS) is 11.6. The average Bonchev–Trinajstić information content (AvgIpc) is 2.73. The van der Waals surface area contributed by atoms with Crippen LogP contribution in [0, 0.1) is 0 Å². The maximum absolute atomic E-state index is 12.1. The first-order chi connectivity index (χ1) is 13.6. The van der Waals surface area contributed by atoms with E-state index < -0.39 is 17.9 Å². The number of benzene rings is 3. The maximum atomic E-state index is 12.1. The third-order valence-corrected chi connectivity index (χ3v) is 4.27. The van der Waals surface area contributed by atoms with Crippen LogP contribution in [0.5, 0.6) is 5.75 Å². The Labute approximate surface area is 163 Å². The van der Waals surface area contributed by atoms with E-state index in [1.165, 1.54) is 0 Å². The van der Waals surface area contributed by atoms with Crippen molar-refractivity contribution in [3.05, 3.63) is 72.3 Å². The number of anilines is 1. The van der Waals surface area contributed by atoms with Crippen LogP contribution in [-0.4, -0.2) is 30.1 Å². The Morgan fingerprint density at radius 2 is 1.68 bits per heavy atom. The maximum Gasteiger partial charge on any atom is 0.313 e. The van der Waals surface area contributed by atoms with Gasteiger partial charge in [-0.15, -0.1) is 0 Å². The van der Waals surface area contributed by atoms with Gasteiger partial charge in [-0.25, -0.2) is 0 Å². The minimum absolute atomic E-state index is 0.0659. The number of fused-ring (bicyclic) bond motifs is 1. The third-order valence-electron chi connectivity index (χ3n) is 4.27. The molecule has 3 aromatic carbocycles. The number of aliphatic hydroxyl groups is 1. The van der Waals surface area contributed by atoms with Gasteiger partial charge >= 0.3 is 11.8 Å². The molecule has 0 aliphatic heterocycles. The molecule has 144 valence electrons. The van der Waals surface area contributed by atoms with Gasteiger partial charge in [-0.05, 0) is 47.5 Å². The molecule has 6 nitrogen and oxygen atoms in total. The van der Waals surface area contributed by atoms with E-state index in [1.54, 1.807) is 30.3 Å². The van der Waals surface area contributed by atoms with E-state index >= 15 is 0 Å². The zero-order valence-electron chi connectivity index (χ0n) is 15.5. The molecule has 28 heavy (non-hydrogen) atoms. The number of rotatable bonds is 6. The fourth-order valence-corrected chi connectivity index (χ4v) is 2.91. The molecule has 0 radical (unpaired) electrons. The van der Waals surface area contributed by atoms with Gasteiger partial charge in [0.1, 0.15) is 5.75 Å². The molecule has 3 aromatic rings. The van der Waals surface area contributed by atoms with Crippen LogP contribution in [-0.2, 0) is 9.59 Å². The summed E-state index contributed by atoms with van der Waals surface area (Å²) >= 11 is 0. The highest BCUT2D eigenvalue weighted by Gasteiger charge is 2.17. The van der Waals surface area contributed by atoms with Gasteiger partial charge in [0, 0.05) is 12.2 Å². The van der Waals surface area contributed by atoms with Gasteiger partial charge in [0.15, 0.2) is 0 Å². The summed E-state index contributed by atoms with van der Waals surface area (Å²) in [5, 5.41) is 17.4. The molecule has 1 unspecified atom stereocenters. The molecular formula is C22H22N2O4. The van der Waals surface area contributed by atoms with Crippen LogP contribution in [0.2, 0.25) is 0 Å². The monoisotopic (exact) mass is 378 g/mol. The van der Waals surface area contributed by atoms with Gasteiger partial charge in [0.2, 0.25) is 0 Å². The van der Waals surface area contributed by atoms with Gasteiger partial charge < -0.3 is 20.5 Å². The third kappa shape index (κ3) is 4.66. The van der Waals surface area contributed by atoms with Crippen molar-refractivity contribution >= 4 is 28.3 Å². The number of hydrogen-bond acceptors (Lipinski definition) is 4. The Hall–Kier alpha value is -3.38. The van der Waals surface area contributed by atoms with Gasteiger partial charge in [-0.1, -0.05) is 42.5 Å². The largest absolute Gasteiger partial charge is 0.494 e. The van der Waals surface area contributed by atoms with Crippen LogP contribution >= 0.6 is 0 Å². The van der Waals surface area contributed by atoms with Crippen molar-refractivity contribution in [1.82, 2.24) is 5.32 Å². The van der Waals surface area contributed by atoms with Gasteiger partial charge in [0.05, 0.1) is 12.7 Å². The van der Waals surface area contributed by atoms with Crippen molar-refractivity contribution < 1.29 is 19.4 Å². The van der Waals surface area contributed by atoms with E-state index in [0.717, 1.165) is 10.8 Å². The lowest BCUT2D eigenvalue weighted by Gasteiger charge is -2.14. The van der Waals surface area contributed by atoms with Crippen molar-refractivity contribution in [2.24, 2.45) is 0 Å². The SMILES string of the molecule is CCOc1ccc(NC(=O)C(=O)NCC(O)c2cccc3ccccc23)cc1. The summed E-state index contributed by atoms with van der Waals surface area (Å²) in [4.78, 5) is 24.1. The molecule has 0 saturated carbocycles. The lowest BCUT2D eigenvalue weighted by Crippen LogP contribution is -2.37. The van der Waals surface area contributed by atoms with Crippen LogP contribution in [0.4, 0.5) is 5.69 Å². The molecule has 2 amide bonds. The van der Waals surface area contributed by atoms with E-state index in [1.807, 2.05) is 43.3 Å². The second-order valence-corrected chi connectivity index (χ2v) is 6.21. The van der Waals surface area contributed by atoms with E-state index in [-0.39, 0.29) is 6.54 Å². The molecule has 3 rings (SSSR count). The fraction of sp³-hybridized carbons (Fsp3) is 0.182. The summed E-state index contributed by atoms with van der Waals surface area (Å²) in [6.07, 6.45) is -0.923. The van der Waals surface area contributed by atoms with Gasteiger partial charge in [-0.3, -0.25) is 9.59 Å². The fourth-order valence-electron chi connectivity index (χ4n) is 2.91. The van der Waals surface area contributed by atoms with Crippen molar-refractivity contribution in [2.45, 2.75) is 13.0 Å². The number of carbonyl (C=O) groups excluding carboxylic acids is 2. The van der Waals surface area contributed by atoms with E-state index in [2.05, 4.69) is 10.6 Å². The summed E-state index contributed by atoms with van der Waals surface area (Å²) in [6, 6.07) is 20.0. The molecule has 3 N–H and O–H groups in total. The molecular weight excluding hydrogens is 356 g/mol. The average molecular weight is 378 g/mol. The lowest BCUT2D eigenvalue weighted by atomic mass is 10.0. The quantitative estimate of drug-likeness (QED) is 0.576. The smallest absolute Gasteiger partial charge is 0.313 e. The Bertz CT molecular complexity index is 964. The van der Waals surface area contributed by atoms with Crippen LogP contribution in [0.3, 0.4) is 0 Å². The standard InChI is InChI=1S/C22H22N2O4/c1-2-28-17-12-10-16(11-13-17)24-22(27)21(26)23-14-20(25)19-9-5-7-15-6-3-4-8-18(15)19/h3-13,20,25H,2,14H2,1H3,(H,23,26)(H,24,27). The Kier molecular flexibility index (Phi) is 6.24. The Balaban J connectivity index is 1.57. The number of amides is 2. The van der Waals surface area contributed by atoms with Gasteiger partial charge in [0.25, 0.3) is 0 Å². The summed E-state index contributed by atoms with van der Waals surface area (Å²) in [5.74, 6) is -0.925. The molecule has 0 bridgehead atoms.